The molecule has 0 aliphatic rings. The lowest BCUT2D eigenvalue weighted by Crippen LogP contribution is -2.26. The predicted octanol–water partition coefficient (Wildman–Crippen LogP) is 3.77. The van der Waals surface area contributed by atoms with Crippen molar-refractivity contribution in [3.63, 3.8) is 0 Å². The van der Waals surface area contributed by atoms with Gasteiger partial charge in [-0.25, -0.2) is 18.3 Å². The molecule has 2 rings (SSSR count). The Kier molecular flexibility index (Phi) is 10.4. The van der Waals surface area contributed by atoms with Gasteiger partial charge in [-0.1, -0.05) is 16.9 Å². The zero-order valence-corrected chi connectivity index (χ0v) is 19.0. The van der Waals surface area contributed by atoms with Crippen LogP contribution in [0.25, 0.3) is 0 Å². The van der Waals surface area contributed by atoms with Crippen molar-refractivity contribution in [2.24, 2.45) is 0 Å². The minimum absolute atomic E-state index is 0.0216. The zero-order valence-electron chi connectivity index (χ0n) is 16.4. The number of alkyl halides is 2. The number of carbonyl (C=O) groups is 2. The maximum atomic E-state index is 13.1. The summed E-state index contributed by atoms with van der Waals surface area (Å²) in [6.45, 7) is 0.406. The molecule has 0 atom stereocenters. The molecule has 14 heteroatoms. The van der Waals surface area contributed by atoms with Crippen molar-refractivity contribution in [2.75, 3.05) is 17.6 Å². The molecule has 1 aromatic carbocycles. The first kappa shape index (κ1) is 26.1. The topological polar surface area (TPSA) is 138 Å². The highest BCUT2D eigenvalue weighted by Crippen LogP contribution is 2.42. The number of nitrogens with zero attached hydrogens (tertiary/aromatic N) is 1. The molecule has 4 N–H and O–H groups in total. The molecule has 0 saturated carbocycles. The molecule has 0 fully saturated rings. The normalized spacial score (nSPS) is 11.3. The van der Waals surface area contributed by atoms with Gasteiger partial charge in [-0.05, 0) is 41.1 Å². The molecule has 0 unspecified atom stereocenters. The second kappa shape index (κ2) is 12.8. The summed E-state index contributed by atoms with van der Waals surface area (Å²) >= 11 is 0. The Morgan fingerprint density at radius 2 is 1.91 bits per heavy atom. The van der Waals surface area contributed by atoms with Gasteiger partial charge < -0.3 is 15.2 Å². The molecule has 0 bridgehead atoms. The summed E-state index contributed by atoms with van der Waals surface area (Å²) in [6, 6.07) is 8.50. The van der Waals surface area contributed by atoms with E-state index in [0.717, 1.165) is 23.2 Å². The third kappa shape index (κ3) is 9.96. The molecule has 0 aliphatic heterocycles. The Morgan fingerprint density at radius 3 is 2.56 bits per heavy atom. The number of phosphoric ester groups is 1. The van der Waals surface area contributed by atoms with Crippen LogP contribution in [0.4, 0.5) is 14.5 Å². The van der Waals surface area contributed by atoms with Gasteiger partial charge in [0.25, 0.3) is 6.43 Å². The van der Waals surface area contributed by atoms with Crippen molar-refractivity contribution in [2.45, 2.75) is 24.3 Å². The van der Waals surface area contributed by atoms with E-state index in [9.17, 15) is 22.9 Å². The van der Waals surface area contributed by atoms with E-state index >= 15 is 0 Å². The number of rotatable bonds is 12. The first-order valence-corrected chi connectivity index (χ1v) is 12.9. The van der Waals surface area contributed by atoms with E-state index < -0.39 is 31.5 Å². The number of benzene rings is 1. The number of amides is 2. The van der Waals surface area contributed by atoms with Gasteiger partial charge in [0.2, 0.25) is 11.8 Å². The van der Waals surface area contributed by atoms with Gasteiger partial charge in [0.1, 0.15) is 10.8 Å². The Labute approximate surface area is 190 Å². The fourth-order valence-corrected chi connectivity index (χ4v) is 4.49. The average Bonchev–Trinajstić information content (AvgIpc) is 2.72. The molecule has 32 heavy (non-hydrogen) atoms. The number of halogens is 2. The van der Waals surface area contributed by atoms with Gasteiger partial charge in [-0.15, -0.1) is 0 Å². The van der Waals surface area contributed by atoms with Crippen LogP contribution >= 0.6 is 29.4 Å². The summed E-state index contributed by atoms with van der Waals surface area (Å²) in [6.07, 6.45) is -1.67. The highest BCUT2D eigenvalue weighted by molar-refractivity contribution is 8.76. The molecular formula is C18H20F2N3O6PS2. The van der Waals surface area contributed by atoms with Crippen molar-refractivity contribution < 1.29 is 37.2 Å². The number of hydrogen-bond acceptors (Lipinski definition) is 7. The van der Waals surface area contributed by atoms with Crippen LogP contribution in [0.3, 0.4) is 0 Å². The number of carbonyl (C=O) groups excluding carboxylic acids is 2. The summed E-state index contributed by atoms with van der Waals surface area (Å²) in [7, 11) is -2.01. The van der Waals surface area contributed by atoms with E-state index in [2.05, 4.69) is 20.1 Å². The fraction of sp³-hybridized carbons (Fsp3) is 0.278. The largest absolute Gasteiger partial charge is 0.524 e. The van der Waals surface area contributed by atoms with Crippen LogP contribution in [-0.2, 0) is 14.2 Å². The Balaban J connectivity index is 1.73. The SMILES string of the molecule is O=C(CCC(=O)Nc1ccc(OP(=O)(O)O)c(C(F)F)c1)NCCSSc1ccccn1. The van der Waals surface area contributed by atoms with E-state index in [4.69, 9.17) is 9.79 Å². The molecular weight excluding hydrogens is 487 g/mol. The Bertz CT molecular complexity index is 965. The summed E-state index contributed by atoms with van der Waals surface area (Å²) in [5.74, 6) is -0.963. The summed E-state index contributed by atoms with van der Waals surface area (Å²) < 4.78 is 41.4. The number of nitrogens with one attached hydrogen (secondary N) is 2. The first-order valence-electron chi connectivity index (χ1n) is 9.08. The van der Waals surface area contributed by atoms with Crippen LogP contribution in [0.5, 0.6) is 5.75 Å². The molecule has 1 heterocycles. The highest BCUT2D eigenvalue weighted by atomic mass is 33.1. The van der Waals surface area contributed by atoms with Crippen LogP contribution in [0.2, 0.25) is 0 Å². The second-order valence-electron chi connectivity index (χ2n) is 6.11. The Morgan fingerprint density at radius 1 is 1.16 bits per heavy atom. The molecule has 2 aromatic rings. The number of anilines is 1. The fourth-order valence-electron chi connectivity index (χ4n) is 2.28. The molecule has 0 aliphatic carbocycles. The van der Waals surface area contributed by atoms with Crippen molar-refractivity contribution >= 4 is 46.9 Å². The predicted molar refractivity (Wildman–Crippen MR) is 117 cm³/mol. The van der Waals surface area contributed by atoms with Gasteiger partial charge in [0, 0.05) is 37.0 Å². The summed E-state index contributed by atoms with van der Waals surface area (Å²) in [5, 5.41) is 5.90. The molecule has 0 spiro atoms. The lowest BCUT2D eigenvalue weighted by Gasteiger charge is -2.13. The van der Waals surface area contributed by atoms with Gasteiger partial charge in [0.05, 0.1) is 5.56 Å². The Hall–Kier alpha value is -2.18. The van der Waals surface area contributed by atoms with E-state index in [0.29, 0.717) is 12.3 Å². The molecule has 2 amide bonds. The van der Waals surface area contributed by atoms with Crippen LogP contribution in [0.1, 0.15) is 24.8 Å². The smallest absolute Gasteiger partial charge is 0.404 e. The van der Waals surface area contributed by atoms with Crippen molar-refractivity contribution in [3.8, 4) is 5.75 Å². The lowest BCUT2D eigenvalue weighted by molar-refractivity contribution is -0.124. The first-order chi connectivity index (χ1) is 15.1. The van der Waals surface area contributed by atoms with E-state index in [-0.39, 0.29) is 24.4 Å². The number of pyridine rings is 1. The lowest BCUT2D eigenvalue weighted by atomic mass is 10.1. The van der Waals surface area contributed by atoms with Crippen molar-refractivity contribution in [1.29, 1.82) is 0 Å². The van der Waals surface area contributed by atoms with E-state index in [1.807, 2.05) is 18.2 Å². The van der Waals surface area contributed by atoms with Crippen LogP contribution < -0.4 is 15.2 Å². The maximum Gasteiger partial charge on any atom is 0.524 e. The van der Waals surface area contributed by atoms with Crippen molar-refractivity contribution in [1.82, 2.24) is 10.3 Å². The molecule has 0 radical (unpaired) electrons. The third-order valence-electron chi connectivity index (χ3n) is 3.61. The maximum absolute atomic E-state index is 13.1. The molecule has 174 valence electrons. The molecule has 9 nitrogen and oxygen atoms in total. The molecule has 0 saturated heterocycles. The molecule has 1 aromatic heterocycles. The summed E-state index contributed by atoms with van der Waals surface area (Å²) in [4.78, 5) is 45.6. The van der Waals surface area contributed by atoms with Crippen LogP contribution in [-0.4, -0.2) is 38.9 Å². The van der Waals surface area contributed by atoms with Crippen LogP contribution in [0.15, 0.2) is 47.6 Å². The standard InChI is InChI=1S/C18H20F2N3O6PS2/c19-18(20)13-11-12(4-5-14(13)29-30(26,27)28)23-16(25)7-6-15(24)21-9-10-31-32-17-3-1-2-8-22-17/h1-5,8,11,18H,6-7,9-10H2,(H,21,24)(H,23,25)(H2,26,27,28). The number of hydrogen-bond donors (Lipinski definition) is 4. The van der Waals surface area contributed by atoms with Crippen LogP contribution in [0, 0.1) is 0 Å². The monoisotopic (exact) mass is 507 g/mol. The van der Waals surface area contributed by atoms with Gasteiger partial charge in [-0.3, -0.25) is 19.4 Å². The minimum Gasteiger partial charge on any atom is -0.404 e. The average molecular weight is 507 g/mol. The quantitative estimate of drug-likeness (QED) is 0.192. The van der Waals surface area contributed by atoms with Gasteiger partial charge in [0.15, 0.2) is 0 Å². The minimum atomic E-state index is -5.02. The van der Waals surface area contributed by atoms with E-state index in [1.54, 1.807) is 6.20 Å². The van der Waals surface area contributed by atoms with Gasteiger partial charge >= 0.3 is 7.82 Å². The van der Waals surface area contributed by atoms with Gasteiger partial charge in [-0.2, -0.15) is 0 Å². The third-order valence-corrected chi connectivity index (χ3v) is 6.32. The summed E-state index contributed by atoms with van der Waals surface area (Å²) in [5.41, 5.74) is -0.809. The van der Waals surface area contributed by atoms with Crippen molar-refractivity contribution in [3.05, 3.63) is 48.2 Å². The number of aromatic nitrogens is 1. The van der Waals surface area contributed by atoms with E-state index in [1.165, 1.54) is 21.6 Å². The second-order valence-corrected chi connectivity index (χ2v) is 9.71. The number of phosphoric acid groups is 1. The highest BCUT2D eigenvalue weighted by Gasteiger charge is 2.23. The zero-order chi connectivity index (χ0) is 23.6.